The minimum atomic E-state index is -0.384. The number of benzene rings is 2. The summed E-state index contributed by atoms with van der Waals surface area (Å²) in [6.45, 7) is 4.42. The molecule has 0 bridgehead atoms. The first-order chi connectivity index (χ1) is 10.6. The van der Waals surface area contributed by atoms with Crippen LogP contribution in [0.5, 0.6) is 17.2 Å². The van der Waals surface area contributed by atoms with Crippen molar-refractivity contribution >= 4 is 0 Å². The first-order valence-corrected chi connectivity index (χ1v) is 9.29. The molecule has 22 heavy (non-hydrogen) atoms. The molecule has 0 fully saturated rings. The van der Waals surface area contributed by atoms with Gasteiger partial charge in [-0.1, -0.05) is 26.0 Å². The van der Waals surface area contributed by atoms with Crippen molar-refractivity contribution in [2.45, 2.75) is 19.8 Å². The van der Waals surface area contributed by atoms with E-state index >= 15 is 0 Å². The fraction of sp³-hybridized carbons (Fsp3) is 0.333. The zero-order valence-corrected chi connectivity index (χ0v) is 15.8. The van der Waals surface area contributed by atoms with Crippen LogP contribution in [0.2, 0.25) is 0 Å². The number of ether oxygens (including phenoxy) is 3. The molecule has 0 unspecified atom stereocenters. The maximum Gasteiger partial charge on any atom is 0.366 e. The third-order valence-corrected chi connectivity index (χ3v) is 6.34. The van der Waals surface area contributed by atoms with Gasteiger partial charge in [-0.2, -0.15) is 0 Å². The van der Waals surface area contributed by atoms with E-state index in [0.29, 0.717) is 5.92 Å². The number of hydrogen-bond acceptors (Lipinski definition) is 3. The lowest BCUT2D eigenvalue weighted by molar-refractivity contribution is -0.598. The van der Waals surface area contributed by atoms with Crippen LogP contribution in [0.25, 0.3) is 0 Å². The Bertz CT molecular complexity index is 596. The summed E-state index contributed by atoms with van der Waals surface area (Å²) in [5.74, 6) is 2.96. The van der Waals surface area contributed by atoms with Crippen molar-refractivity contribution < 1.29 is 35.4 Å². The molecular weight excluding hydrogens is 391 g/mol. The fourth-order valence-corrected chi connectivity index (χ4v) is 4.70. The van der Waals surface area contributed by atoms with E-state index < -0.39 is 0 Å². The molecule has 2 aromatic rings. The van der Waals surface area contributed by atoms with E-state index in [2.05, 4.69) is 38.1 Å². The minimum absolute atomic E-state index is 0.384. The maximum atomic E-state index is 5.53. The minimum Gasteiger partial charge on any atom is -0.496 e. The summed E-state index contributed by atoms with van der Waals surface area (Å²) in [5, 5.41) is 0. The lowest BCUT2D eigenvalue weighted by Crippen LogP contribution is -3.61. The Morgan fingerprint density at radius 3 is 1.77 bits per heavy atom. The van der Waals surface area contributed by atoms with Crippen molar-refractivity contribution in [3.63, 3.8) is 0 Å². The summed E-state index contributed by atoms with van der Waals surface area (Å²) in [5.41, 5.74) is 1.36. The van der Waals surface area contributed by atoms with Gasteiger partial charge in [-0.3, -0.25) is 0 Å². The number of methoxy groups -OCH3 is 3. The van der Waals surface area contributed by atoms with Crippen LogP contribution in [0.4, 0.5) is 0 Å². The molecule has 0 spiro atoms. The molecule has 0 radical (unpaired) electrons. The van der Waals surface area contributed by atoms with Crippen molar-refractivity contribution in [1.29, 1.82) is 0 Å². The van der Waals surface area contributed by atoms with Gasteiger partial charge in [0, 0.05) is 12.1 Å². The Balaban J connectivity index is 2.35. The molecule has 0 aliphatic heterocycles. The Morgan fingerprint density at radius 1 is 0.818 bits per heavy atom. The van der Waals surface area contributed by atoms with E-state index in [0.717, 1.165) is 20.8 Å². The molecule has 0 heterocycles. The first kappa shape index (κ1) is 16.9. The smallest absolute Gasteiger partial charge is 0.366 e. The van der Waals surface area contributed by atoms with Crippen molar-refractivity contribution in [3.8, 4) is 17.2 Å². The number of rotatable bonds is 6. The highest BCUT2D eigenvalue weighted by Crippen LogP contribution is 2.27. The fourth-order valence-electron chi connectivity index (χ4n) is 2.08. The molecule has 0 aromatic heterocycles. The molecule has 118 valence electrons. The van der Waals surface area contributed by atoms with Crippen LogP contribution in [0.15, 0.2) is 36.4 Å². The van der Waals surface area contributed by atoms with Crippen LogP contribution >= 0.6 is 0 Å². The summed E-state index contributed by atoms with van der Waals surface area (Å²) in [4.78, 5) is 0. The highest BCUT2D eigenvalue weighted by atomic mass is 127. The van der Waals surface area contributed by atoms with Crippen molar-refractivity contribution in [3.05, 3.63) is 49.1 Å². The summed E-state index contributed by atoms with van der Waals surface area (Å²) >= 11 is -0.384. The van der Waals surface area contributed by atoms with Crippen LogP contribution in [0.1, 0.15) is 25.3 Å². The monoisotopic (exact) mass is 413 g/mol. The lowest BCUT2D eigenvalue weighted by Gasteiger charge is -2.08. The van der Waals surface area contributed by atoms with Gasteiger partial charge in [0.2, 0.25) is 0 Å². The molecule has 4 heteroatoms. The van der Waals surface area contributed by atoms with Gasteiger partial charge in [0.05, 0.1) is 21.3 Å². The van der Waals surface area contributed by atoms with E-state index in [1.807, 2.05) is 12.1 Å². The average molecular weight is 413 g/mol. The van der Waals surface area contributed by atoms with Gasteiger partial charge in [-0.15, -0.1) is 0 Å². The average Bonchev–Trinajstić information content (AvgIpc) is 2.55. The molecule has 3 nitrogen and oxygen atoms in total. The zero-order valence-electron chi connectivity index (χ0n) is 13.6. The van der Waals surface area contributed by atoms with E-state index in [4.69, 9.17) is 14.2 Å². The number of halogens is 1. The Morgan fingerprint density at radius 2 is 1.36 bits per heavy atom. The zero-order chi connectivity index (χ0) is 16.1. The molecule has 0 N–H and O–H groups in total. The second-order valence-electron chi connectivity index (χ2n) is 5.15. The molecule has 2 rings (SSSR count). The summed E-state index contributed by atoms with van der Waals surface area (Å²) in [6, 6.07) is 12.7. The summed E-state index contributed by atoms with van der Waals surface area (Å²) in [6.07, 6.45) is 0. The second-order valence-corrected chi connectivity index (χ2v) is 8.01. The topological polar surface area (TPSA) is 27.7 Å². The quantitative estimate of drug-likeness (QED) is 0.661. The predicted molar refractivity (Wildman–Crippen MR) is 84.0 cm³/mol. The van der Waals surface area contributed by atoms with Crippen LogP contribution in [0, 0.1) is 7.14 Å². The van der Waals surface area contributed by atoms with Gasteiger partial charge in [0.15, 0.2) is 15.1 Å². The Kier molecular flexibility index (Phi) is 5.94. The molecule has 2 aromatic carbocycles. The predicted octanol–water partition coefficient (Wildman–Crippen LogP) is 0.964. The van der Waals surface area contributed by atoms with Crippen LogP contribution in [-0.2, 0) is 0 Å². The molecule has 0 aliphatic rings. The molecule has 0 saturated heterocycles. The Hall–Kier alpha value is -1.43. The van der Waals surface area contributed by atoms with Gasteiger partial charge in [0.25, 0.3) is 3.57 Å². The molecule has 0 amide bonds. The van der Waals surface area contributed by atoms with Gasteiger partial charge in [-0.05, 0) is 23.6 Å². The largest absolute Gasteiger partial charge is 0.496 e. The molecule has 0 atom stereocenters. The van der Waals surface area contributed by atoms with Crippen LogP contribution in [-0.4, -0.2) is 21.3 Å². The molecular formula is C18H22IO3+. The maximum absolute atomic E-state index is 5.53. The van der Waals surface area contributed by atoms with E-state index in [1.54, 1.807) is 21.3 Å². The molecule has 0 aliphatic carbocycles. The van der Waals surface area contributed by atoms with Gasteiger partial charge in [-0.25, -0.2) is 0 Å². The first-order valence-electron chi connectivity index (χ1n) is 7.13. The normalized spacial score (nSPS) is 10.6. The van der Waals surface area contributed by atoms with E-state index in [1.165, 1.54) is 9.13 Å². The third-order valence-electron chi connectivity index (χ3n) is 3.40. The number of hydrogen-bond donors (Lipinski definition) is 0. The highest BCUT2D eigenvalue weighted by Gasteiger charge is 2.27. The SMILES string of the molecule is COc1cc(OC)c([I+]c2ccc(C(C)C)cc2)c(OC)c1. The van der Waals surface area contributed by atoms with Gasteiger partial charge >= 0.3 is 21.2 Å². The van der Waals surface area contributed by atoms with Gasteiger partial charge in [0.1, 0.15) is 5.75 Å². The Labute approximate surface area is 142 Å². The highest BCUT2D eigenvalue weighted by molar-refractivity contribution is 5.41. The van der Waals surface area contributed by atoms with Crippen molar-refractivity contribution in [2.75, 3.05) is 21.3 Å². The van der Waals surface area contributed by atoms with Gasteiger partial charge < -0.3 is 14.2 Å². The standard InChI is InChI=1S/C18H22IO3/c1-12(2)13-6-8-14(9-7-13)19-18-16(21-4)10-15(20-3)11-17(18)22-5/h6-12H,1-5H3/q+1. The summed E-state index contributed by atoms with van der Waals surface area (Å²) in [7, 11) is 5.01. The van der Waals surface area contributed by atoms with E-state index in [9.17, 15) is 0 Å². The van der Waals surface area contributed by atoms with Crippen LogP contribution in [0.3, 0.4) is 0 Å². The van der Waals surface area contributed by atoms with E-state index in [-0.39, 0.29) is 21.2 Å². The third kappa shape index (κ3) is 3.85. The summed E-state index contributed by atoms with van der Waals surface area (Å²) < 4.78 is 18.8. The van der Waals surface area contributed by atoms with Crippen LogP contribution < -0.4 is 35.4 Å². The lowest BCUT2D eigenvalue weighted by atomic mass is 10.0. The molecule has 0 saturated carbocycles. The second kappa shape index (κ2) is 7.72. The van der Waals surface area contributed by atoms with Crippen molar-refractivity contribution in [2.24, 2.45) is 0 Å². The van der Waals surface area contributed by atoms with Crippen molar-refractivity contribution in [1.82, 2.24) is 0 Å².